The van der Waals surface area contributed by atoms with E-state index >= 15 is 0 Å². The van der Waals surface area contributed by atoms with Crippen LogP contribution in [0.15, 0.2) is 69.5 Å². The molecule has 0 aliphatic heterocycles. The standard InChI is InChI=1S/C28H34N2O5.C17H20O3/c1-18-26(23-14-13-22(34-3)17-24(23)35-18)27(19-7-5-4-6-8-19)29-21-11-9-20(10-12-21)28(33)30(2)16-15-25(31)32;1-11-16(17(18)12-6-4-3-5-7-12)14-9-8-13(19-2)10-15(14)20-11/h9-14,17,19,27,29H,4-8,15-16H2,1-3H3,(H,31,32);8-10,12H,3-7H2,1-2H3. The lowest BCUT2D eigenvalue weighted by molar-refractivity contribution is -0.137. The molecule has 10 heteroatoms. The Balaban J connectivity index is 0.000000217. The van der Waals surface area contributed by atoms with Crippen LogP contribution in [0.4, 0.5) is 5.69 Å². The van der Waals surface area contributed by atoms with E-state index in [4.69, 9.17) is 23.4 Å². The first-order valence-corrected chi connectivity index (χ1v) is 19.6. The number of carboxylic acids is 1. The molecule has 2 aromatic heterocycles. The second-order valence-electron chi connectivity index (χ2n) is 15.0. The van der Waals surface area contributed by atoms with Crippen molar-refractivity contribution in [2.45, 2.75) is 90.5 Å². The van der Waals surface area contributed by atoms with E-state index in [0.29, 0.717) is 11.5 Å². The number of carboxylic acid groups (broad SMARTS) is 1. The largest absolute Gasteiger partial charge is 0.497 e. The van der Waals surface area contributed by atoms with Crippen molar-refractivity contribution in [2.75, 3.05) is 33.1 Å². The number of anilines is 1. The summed E-state index contributed by atoms with van der Waals surface area (Å²) >= 11 is 0. The van der Waals surface area contributed by atoms with E-state index < -0.39 is 5.97 Å². The number of Topliss-reactive ketones (excluding diaryl/α,β-unsaturated/α-hetero) is 1. The zero-order valence-electron chi connectivity index (χ0n) is 32.7. The maximum Gasteiger partial charge on any atom is 0.305 e. The van der Waals surface area contributed by atoms with Crippen LogP contribution < -0.4 is 14.8 Å². The molecule has 0 saturated heterocycles. The smallest absolute Gasteiger partial charge is 0.305 e. The van der Waals surface area contributed by atoms with Crippen LogP contribution in [0.5, 0.6) is 11.5 Å². The van der Waals surface area contributed by atoms with Gasteiger partial charge in [0.15, 0.2) is 5.78 Å². The Labute approximate surface area is 323 Å². The van der Waals surface area contributed by atoms with Gasteiger partial charge < -0.3 is 33.6 Å². The third kappa shape index (κ3) is 9.18. The molecule has 2 N–H and O–H groups in total. The molecule has 2 heterocycles. The van der Waals surface area contributed by atoms with Crippen LogP contribution in [0, 0.1) is 25.7 Å². The summed E-state index contributed by atoms with van der Waals surface area (Å²) in [4.78, 5) is 37.7. The van der Waals surface area contributed by atoms with Crippen molar-refractivity contribution in [2.24, 2.45) is 11.8 Å². The van der Waals surface area contributed by atoms with Gasteiger partial charge in [0.2, 0.25) is 0 Å². The molecular weight excluding hydrogens is 697 g/mol. The summed E-state index contributed by atoms with van der Waals surface area (Å²) in [5.74, 6) is 2.96. The van der Waals surface area contributed by atoms with Gasteiger partial charge in [0.1, 0.15) is 34.2 Å². The van der Waals surface area contributed by atoms with E-state index in [1.165, 1.54) is 49.0 Å². The van der Waals surface area contributed by atoms with Crippen molar-refractivity contribution in [1.82, 2.24) is 4.90 Å². The second kappa shape index (κ2) is 17.9. The summed E-state index contributed by atoms with van der Waals surface area (Å²) in [6, 6.07) is 19.2. The Bertz CT molecular complexity index is 2100. The van der Waals surface area contributed by atoms with Gasteiger partial charge in [-0.3, -0.25) is 14.4 Å². The molecule has 5 aromatic rings. The number of hydrogen-bond acceptors (Lipinski definition) is 8. The molecule has 0 spiro atoms. The number of nitrogens with one attached hydrogen (secondary N) is 1. The first-order valence-electron chi connectivity index (χ1n) is 19.6. The molecule has 2 aliphatic rings. The summed E-state index contributed by atoms with van der Waals surface area (Å²) in [7, 11) is 4.91. The van der Waals surface area contributed by atoms with E-state index in [0.717, 1.165) is 81.9 Å². The van der Waals surface area contributed by atoms with E-state index in [9.17, 15) is 14.4 Å². The SMILES string of the molecule is COc1ccc2c(C(=O)C3CCCCC3)c(C)oc2c1.COc1ccc2c(C(Nc3ccc(C(=O)N(C)CCC(=O)O)cc3)C3CCCCC3)c(C)oc2c1. The summed E-state index contributed by atoms with van der Waals surface area (Å²) < 4.78 is 22.5. The van der Waals surface area contributed by atoms with Crippen LogP contribution in [-0.2, 0) is 4.79 Å². The van der Waals surface area contributed by atoms with Crippen molar-refractivity contribution in [1.29, 1.82) is 0 Å². The van der Waals surface area contributed by atoms with Gasteiger partial charge in [-0.1, -0.05) is 38.5 Å². The maximum absolute atomic E-state index is 12.8. The summed E-state index contributed by atoms with van der Waals surface area (Å²) in [5, 5.41) is 14.6. The van der Waals surface area contributed by atoms with E-state index in [1.54, 1.807) is 33.4 Å². The van der Waals surface area contributed by atoms with Gasteiger partial charge in [-0.25, -0.2) is 0 Å². The molecule has 2 saturated carbocycles. The number of rotatable bonds is 12. The Morgan fingerprint density at radius 2 is 1.35 bits per heavy atom. The number of ether oxygens (including phenoxy) is 2. The van der Waals surface area contributed by atoms with Gasteiger partial charge in [0.25, 0.3) is 5.91 Å². The number of benzene rings is 3. The quantitative estimate of drug-likeness (QED) is 0.120. The first-order chi connectivity index (χ1) is 26.6. The van der Waals surface area contributed by atoms with Crippen LogP contribution in [0.2, 0.25) is 0 Å². The molecule has 55 heavy (non-hydrogen) atoms. The highest BCUT2D eigenvalue weighted by Crippen LogP contribution is 2.42. The number of carbonyl (C=O) groups is 3. The van der Waals surface area contributed by atoms with E-state index in [-0.39, 0.29) is 36.6 Å². The Hall–Kier alpha value is -5.25. The number of ketones is 1. The number of fused-ring (bicyclic) bond motifs is 2. The van der Waals surface area contributed by atoms with Gasteiger partial charge in [0, 0.05) is 59.2 Å². The molecule has 1 amide bonds. The number of amides is 1. The number of aryl methyl sites for hydroxylation is 2. The van der Waals surface area contributed by atoms with Crippen molar-refractivity contribution in [3.63, 3.8) is 0 Å². The molecule has 2 fully saturated rings. The molecule has 10 nitrogen and oxygen atoms in total. The minimum Gasteiger partial charge on any atom is -0.497 e. The van der Waals surface area contributed by atoms with Crippen LogP contribution in [-0.4, -0.2) is 55.5 Å². The number of hydrogen-bond donors (Lipinski definition) is 2. The van der Waals surface area contributed by atoms with Crippen molar-refractivity contribution < 1.29 is 37.8 Å². The van der Waals surface area contributed by atoms with Crippen molar-refractivity contribution in [3.8, 4) is 11.5 Å². The lowest BCUT2D eigenvalue weighted by Crippen LogP contribution is -2.29. The third-order valence-corrected chi connectivity index (χ3v) is 11.3. The van der Waals surface area contributed by atoms with Gasteiger partial charge >= 0.3 is 5.97 Å². The molecule has 2 aliphatic carbocycles. The molecule has 3 aromatic carbocycles. The van der Waals surface area contributed by atoms with Crippen LogP contribution in [0.25, 0.3) is 21.9 Å². The molecule has 1 unspecified atom stereocenters. The lowest BCUT2D eigenvalue weighted by Gasteiger charge is -2.32. The van der Waals surface area contributed by atoms with Crippen molar-refractivity contribution in [3.05, 3.63) is 88.9 Å². The van der Waals surface area contributed by atoms with Gasteiger partial charge in [-0.05, 0) is 94.0 Å². The number of furan rings is 2. The fourth-order valence-electron chi connectivity index (χ4n) is 8.30. The summed E-state index contributed by atoms with van der Waals surface area (Å²) in [5.41, 5.74) is 4.99. The molecule has 0 bridgehead atoms. The molecule has 1 atom stereocenters. The number of methoxy groups -OCH3 is 2. The highest BCUT2D eigenvalue weighted by Gasteiger charge is 2.30. The second-order valence-corrected chi connectivity index (χ2v) is 15.0. The number of nitrogens with zero attached hydrogens (tertiary/aromatic N) is 1. The maximum atomic E-state index is 12.8. The fraction of sp³-hybridized carbons (Fsp3) is 0.444. The average Bonchev–Trinajstić information content (AvgIpc) is 3.72. The third-order valence-electron chi connectivity index (χ3n) is 11.3. The predicted octanol–water partition coefficient (Wildman–Crippen LogP) is 10.5. The summed E-state index contributed by atoms with van der Waals surface area (Å²) in [6.07, 6.45) is 11.6. The Kier molecular flexibility index (Phi) is 12.9. The lowest BCUT2D eigenvalue weighted by atomic mass is 9.80. The van der Waals surface area contributed by atoms with E-state index in [2.05, 4.69) is 11.4 Å². The zero-order chi connectivity index (χ0) is 39.1. The highest BCUT2D eigenvalue weighted by molar-refractivity contribution is 6.09. The number of aliphatic carboxylic acids is 1. The molecule has 7 rings (SSSR count). The van der Waals surface area contributed by atoms with Gasteiger partial charge in [0.05, 0.1) is 32.2 Å². The zero-order valence-corrected chi connectivity index (χ0v) is 32.7. The average molecular weight is 751 g/mol. The number of carbonyl (C=O) groups excluding carboxylic acids is 2. The van der Waals surface area contributed by atoms with E-state index in [1.807, 2.05) is 56.3 Å². The van der Waals surface area contributed by atoms with Crippen LogP contribution in [0.3, 0.4) is 0 Å². The first kappa shape index (κ1) is 39.4. The topological polar surface area (TPSA) is 131 Å². The van der Waals surface area contributed by atoms with Crippen molar-refractivity contribution >= 4 is 45.3 Å². The minimum atomic E-state index is -0.918. The summed E-state index contributed by atoms with van der Waals surface area (Å²) in [6.45, 7) is 4.08. The normalized spacial score (nSPS) is 15.6. The highest BCUT2D eigenvalue weighted by atomic mass is 16.5. The monoisotopic (exact) mass is 750 g/mol. The Morgan fingerprint density at radius 3 is 1.95 bits per heavy atom. The van der Waals surface area contributed by atoms with Crippen LogP contribution >= 0.6 is 0 Å². The Morgan fingerprint density at radius 1 is 0.782 bits per heavy atom. The molecule has 292 valence electrons. The predicted molar refractivity (Wildman–Crippen MR) is 215 cm³/mol. The van der Waals surface area contributed by atoms with Crippen LogP contribution in [0.1, 0.15) is 114 Å². The molecule has 0 radical (unpaired) electrons. The van der Waals surface area contributed by atoms with Gasteiger partial charge in [-0.2, -0.15) is 0 Å². The van der Waals surface area contributed by atoms with Gasteiger partial charge in [-0.15, -0.1) is 0 Å². The minimum absolute atomic E-state index is 0.0746. The fourth-order valence-corrected chi connectivity index (χ4v) is 8.30. The molecular formula is C45H54N2O8.